The van der Waals surface area contributed by atoms with Gasteiger partial charge >= 0.3 is 0 Å². The van der Waals surface area contributed by atoms with Gasteiger partial charge in [0.25, 0.3) is 5.56 Å². The van der Waals surface area contributed by atoms with Crippen LogP contribution in [0.4, 0.5) is 0 Å². The summed E-state index contributed by atoms with van der Waals surface area (Å²) in [6.07, 6.45) is 2.55. The lowest BCUT2D eigenvalue weighted by Crippen LogP contribution is -2.24. The van der Waals surface area contributed by atoms with Gasteiger partial charge in [0.2, 0.25) is 0 Å². The van der Waals surface area contributed by atoms with E-state index in [1.54, 1.807) is 16.8 Å². The second-order valence-electron chi connectivity index (χ2n) is 5.18. The Hall–Kier alpha value is -1.76. The second-order valence-corrected chi connectivity index (χ2v) is 5.18. The average molecular weight is 234 g/mol. The highest BCUT2D eigenvalue weighted by Crippen LogP contribution is 2.19. The molecule has 0 amide bonds. The van der Waals surface area contributed by atoms with Crippen molar-refractivity contribution >= 4 is 0 Å². The lowest BCUT2D eigenvalue weighted by molar-refractivity contribution is 0.346. The van der Waals surface area contributed by atoms with Crippen LogP contribution >= 0.6 is 0 Å². The van der Waals surface area contributed by atoms with Crippen LogP contribution in [-0.4, -0.2) is 11.7 Å². The van der Waals surface area contributed by atoms with Gasteiger partial charge in [0, 0.05) is 12.7 Å². The van der Waals surface area contributed by atoms with Gasteiger partial charge in [-0.3, -0.25) is 4.79 Å². The SMILES string of the molecule is COc1ccn(CCC(C)(C)C)c(=O)c1C#N. The van der Waals surface area contributed by atoms with Gasteiger partial charge in [0.1, 0.15) is 11.8 Å². The van der Waals surface area contributed by atoms with Gasteiger partial charge in [0.15, 0.2) is 5.56 Å². The third-order valence-electron chi connectivity index (χ3n) is 2.56. The number of ether oxygens (including phenoxy) is 1. The maximum atomic E-state index is 12.0. The summed E-state index contributed by atoms with van der Waals surface area (Å²) in [6.45, 7) is 6.97. The van der Waals surface area contributed by atoms with Crippen molar-refractivity contribution in [3.8, 4) is 11.8 Å². The summed E-state index contributed by atoms with van der Waals surface area (Å²) in [5.41, 5.74) is -0.0494. The number of hydrogen-bond donors (Lipinski definition) is 0. The third-order valence-corrected chi connectivity index (χ3v) is 2.56. The molecule has 0 aliphatic heterocycles. The molecule has 0 saturated heterocycles. The standard InChI is InChI=1S/C13H18N2O2/c1-13(2,3)6-8-15-7-5-11(17-4)10(9-14)12(15)16/h5,7H,6,8H2,1-4H3. The van der Waals surface area contributed by atoms with Crippen LogP contribution in [-0.2, 0) is 6.54 Å². The van der Waals surface area contributed by atoms with Crippen molar-refractivity contribution in [2.45, 2.75) is 33.7 Å². The maximum Gasteiger partial charge on any atom is 0.272 e. The van der Waals surface area contributed by atoms with E-state index < -0.39 is 0 Å². The number of nitriles is 1. The summed E-state index contributed by atoms with van der Waals surface area (Å²) in [6, 6.07) is 3.55. The van der Waals surface area contributed by atoms with Crippen molar-refractivity contribution in [1.82, 2.24) is 4.57 Å². The first-order valence-electron chi connectivity index (χ1n) is 5.56. The average Bonchev–Trinajstić information content (AvgIpc) is 2.25. The fraction of sp³-hybridized carbons (Fsp3) is 0.538. The summed E-state index contributed by atoms with van der Waals surface area (Å²) >= 11 is 0. The molecule has 17 heavy (non-hydrogen) atoms. The molecule has 0 bridgehead atoms. The molecule has 1 aromatic heterocycles. The van der Waals surface area contributed by atoms with Crippen molar-refractivity contribution < 1.29 is 4.74 Å². The molecule has 0 unspecified atom stereocenters. The zero-order chi connectivity index (χ0) is 13.1. The van der Waals surface area contributed by atoms with Crippen LogP contribution in [0, 0.1) is 16.7 Å². The summed E-state index contributed by atoms with van der Waals surface area (Å²) < 4.78 is 6.54. The van der Waals surface area contributed by atoms with Gasteiger partial charge in [-0.2, -0.15) is 5.26 Å². The number of methoxy groups -OCH3 is 1. The number of aryl methyl sites for hydroxylation is 1. The summed E-state index contributed by atoms with van der Waals surface area (Å²) in [5, 5.41) is 8.94. The molecule has 0 atom stereocenters. The van der Waals surface area contributed by atoms with E-state index in [4.69, 9.17) is 10.00 Å². The lowest BCUT2D eigenvalue weighted by atomic mass is 9.92. The molecular formula is C13H18N2O2. The normalized spacial score (nSPS) is 11.0. The molecule has 4 heteroatoms. The first kappa shape index (κ1) is 13.3. The van der Waals surface area contributed by atoms with E-state index in [0.717, 1.165) is 6.42 Å². The number of aromatic nitrogens is 1. The molecule has 0 fully saturated rings. The highest BCUT2D eigenvalue weighted by Gasteiger charge is 2.13. The quantitative estimate of drug-likeness (QED) is 0.805. The smallest absolute Gasteiger partial charge is 0.272 e. The van der Waals surface area contributed by atoms with Crippen LogP contribution < -0.4 is 10.3 Å². The minimum absolute atomic E-state index is 0.0731. The zero-order valence-corrected chi connectivity index (χ0v) is 10.8. The van der Waals surface area contributed by atoms with Crippen LogP contribution in [0.1, 0.15) is 32.8 Å². The van der Waals surface area contributed by atoms with Gasteiger partial charge < -0.3 is 9.30 Å². The topological polar surface area (TPSA) is 55.0 Å². The van der Waals surface area contributed by atoms with E-state index in [9.17, 15) is 4.79 Å². The van der Waals surface area contributed by atoms with Crippen LogP contribution in [0.5, 0.6) is 5.75 Å². The van der Waals surface area contributed by atoms with Gasteiger partial charge in [-0.05, 0) is 17.9 Å². The molecule has 0 aromatic carbocycles. The van der Waals surface area contributed by atoms with Gasteiger partial charge in [-0.1, -0.05) is 20.8 Å². The summed E-state index contributed by atoms with van der Waals surface area (Å²) in [4.78, 5) is 12.0. The molecule has 1 rings (SSSR count). The highest BCUT2D eigenvalue weighted by atomic mass is 16.5. The predicted octanol–water partition coefficient (Wildman–Crippen LogP) is 2.16. The number of nitrogens with zero attached hydrogens (tertiary/aromatic N) is 2. The summed E-state index contributed by atoms with van der Waals surface area (Å²) in [5.74, 6) is 0.338. The van der Waals surface area contributed by atoms with Crippen LogP contribution in [0.25, 0.3) is 0 Å². The van der Waals surface area contributed by atoms with E-state index >= 15 is 0 Å². The Morgan fingerprint density at radius 2 is 2.12 bits per heavy atom. The van der Waals surface area contributed by atoms with Crippen molar-refractivity contribution in [2.24, 2.45) is 5.41 Å². The molecule has 1 heterocycles. The molecule has 4 nitrogen and oxygen atoms in total. The van der Waals surface area contributed by atoms with Gasteiger partial charge in [-0.25, -0.2) is 0 Å². The van der Waals surface area contributed by atoms with E-state index in [-0.39, 0.29) is 16.5 Å². The Kier molecular flexibility index (Phi) is 3.95. The lowest BCUT2D eigenvalue weighted by Gasteiger charge is -2.18. The number of rotatable bonds is 3. The third kappa shape index (κ3) is 3.35. The number of pyridine rings is 1. The Morgan fingerprint density at radius 1 is 1.47 bits per heavy atom. The van der Waals surface area contributed by atoms with E-state index in [0.29, 0.717) is 12.3 Å². The molecule has 0 saturated carbocycles. The first-order chi connectivity index (χ1) is 7.89. The molecule has 0 N–H and O–H groups in total. The van der Waals surface area contributed by atoms with E-state index in [1.165, 1.54) is 7.11 Å². The van der Waals surface area contributed by atoms with Gasteiger partial charge in [0.05, 0.1) is 7.11 Å². The first-order valence-corrected chi connectivity index (χ1v) is 5.56. The predicted molar refractivity (Wildman–Crippen MR) is 66.0 cm³/mol. The fourth-order valence-electron chi connectivity index (χ4n) is 1.46. The van der Waals surface area contributed by atoms with Crippen LogP contribution in [0.2, 0.25) is 0 Å². The molecule has 0 spiro atoms. The largest absolute Gasteiger partial charge is 0.495 e. The Morgan fingerprint density at radius 3 is 2.59 bits per heavy atom. The molecule has 92 valence electrons. The molecular weight excluding hydrogens is 216 g/mol. The van der Waals surface area contributed by atoms with Crippen molar-refractivity contribution in [3.05, 3.63) is 28.2 Å². The molecule has 0 aliphatic rings. The monoisotopic (exact) mass is 234 g/mol. The number of hydrogen-bond acceptors (Lipinski definition) is 3. The highest BCUT2D eigenvalue weighted by molar-refractivity contribution is 5.40. The minimum atomic E-state index is -0.281. The Bertz CT molecular complexity index is 490. The minimum Gasteiger partial charge on any atom is -0.495 e. The fourth-order valence-corrected chi connectivity index (χ4v) is 1.46. The summed E-state index contributed by atoms with van der Waals surface area (Å²) in [7, 11) is 1.45. The Balaban J connectivity index is 3.05. The van der Waals surface area contributed by atoms with Crippen LogP contribution in [0.15, 0.2) is 17.1 Å². The van der Waals surface area contributed by atoms with Crippen LogP contribution in [0.3, 0.4) is 0 Å². The van der Waals surface area contributed by atoms with Crippen molar-refractivity contribution in [2.75, 3.05) is 7.11 Å². The second kappa shape index (κ2) is 5.05. The maximum absolute atomic E-state index is 12.0. The van der Waals surface area contributed by atoms with Crippen molar-refractivity contribution in [1.29, 1.82) is 5.26 Å². The Labute approximate surface area is 101 Å². The van der Waals surface area contributed by atoms with E-state index in [2.05, 4.69) is 20.8 Å². The van der Waals surface area contributed by atoms with Crippen molar-refractivity contribution in [3.63, 3.8) is 0 Å². The van der Waals surface area contributed by atoms with Gasteiger partial charge in [-0.15, -0.1) is 0 Å². The molecule has 0 radical (unpaired) electrons. The zero-order valence-electron chi connectivity index (χ0n) is 10.8. The van der Waals surface area contributed by atoms with E-state index in [1.807, 2.05) is 6.07 Å². The molecule has 1 aromatic rings. The molecule has 0 aliphatic carbocycles.